The molecule has 0 aliphatic heterocycles. The molecule has 0 unspecified atom stereocenters. The van der Waals surface area contributed by atoms with Gasteiger partial charge in [-0.3, -0.25) is 0 Å². The van der Waals surface area contributed by atoms with Gasteiger partial charge in [-0.2, -0.15) is 21.6 Å². The van der Waals surface area contributed by atoms with Gasteiger partial charge >= 0.3 is 21.6 Å². The normalized spacial score (nSPS) is 11.7. The predicted molar refractivity (Wildman–Crippen MR) is 130 cm³/mol. The molecule has 9 heteroatoms. The number of rotatable bonds is 6. The highest BCUT2D eigenvalue weighted by molar-refractivity contribution is 7.88. The van der Waals surface area contributed by atoms with Crippen molar-refractivity contribution < 1.29 is 35.3 Å². The molecule has 5 nitrogen and oxygen atoms in total. The third kappa shape index (κ3) is 5.41. The summed E-state index contributed by atoms with van der Waals surface area (Å²) in [5.74, 6) is -0.839. The summed E-state index contributed by atoms with van der Waals surface area (Å²) < 4.78 is 69.4. The van der Waals surface area contributed by atoms with E-state index in [1.807, 2.05) is 42.5 Å². The van der Waals surface area contributed by atoms with Crippen molar-refractivity contribution >= 4 is 16.1 Å². The summed E-state index contributed by atoms with van der Waals surface area (Å²) in [6, 6.07) is 27.5. The third-order valence-electron chi connectivity index (χ3n) is 5.38. The Labute approximate surface area is 205 Å². The molecule has 0 heterocycles. The van der Waals surface area contributed by atoms with Crippen molar-refractivity contribution in [2.75, 3.05) is 7.11 Å². The van der Waals surface area contributed by atoms with E-state index in [-0.39, 0.29) is 0 Å². The summed E-state index contributed by atoms with van der Waals surface area (Å²) in [4.78, 5) is 11.8. The van der Waals surface area contributed by atoms with Gasteiger partial charge in [0.05, 0.1) is 12.7 Å². The molecule has 0 atom stereocenters. The summed E-state index contributed by atoms with van der Waals surface area (Å²) in [7, 11) is -4.42. The van der Waals surface area contributed by atoms with Crippen LogP contribution in [0.25, 0.3) is 33.4 Å². The van der Waals surface area contributed by atoms with Crippen molar-refractivity contribution in [2.24, 2.45) is 0 Å². The van der Waals surface area contributed by atoms with Crippen LogP contribution in [0.2, 0.25) is 0 Å². The van der Waals surface area contributed by atoms with Gasteiger partial charge in [0.2, 0.25) is 0 Å². The van der Waals surface area contributed by atoms with Crippen molar-refractivity contribution in [3.8, 4) is 39.1 Å². The Morgan fingerprint density at radius 1 is 0.667 bits per heavy atom. The molecule has 184 valence electrons. The summed E-state index contributed by atoms with van der Waals surface area (Å²) >= 11 is 0. The van der Waals surface area contributed by atoms with E-state index in [2.05, 4.69) is 4.18 Å². The lowest BCUT2D eigenvalue weighted by molar-refractivity contribution is -0.0500. The van der Waals surface area contributed by atoms with Gasteiger partial charge in [0.25, 0.3) is 0 Å². The summed E-state index contributed by atoms with van der Waals surface area (Å²) in [6.07, 6.45) is 0. The highest BCUT2D eigenvalue weighted by atomic mass is 32.2. The Bertz CT molecular complexity index is 1490. The molecule has 4 rings (SSSR count). The fourth-order valence-electron chi connectivity index (χ4n) is 3.56. The highest BCUT2D eigenvalue weighted by Gasteiger charge is 2.48. The highest BCUT2D eigenvalue weighted by Crippen LogP contribution is 2.31. The maximum absolute atomic E-state index is 12.6. The van der Waals surface area contributed by atoms with Crippen LogP contribution in [0.5, 0.6) is 5.75 Å². The summed E-state index contributed by atoms with van der Waals surface area (Å²) in [5, 5.41) is 0. The van der Waals surface area contributed by atoms with Gasteiger partial charge in [0.1, 0.15) is 5.75 Å². The van der Waals surface area contributed by atoms with Crippen LogP contribution in [0.1, 0.15) is 10.4 Å². The van der Waals surface area contributed by atoms with Crippen LogP contribution in [0, 0.1) is 0 Å². The van der Waals surface area contributed by atoms with Gasteiger partial charge in [0, 0.05) is 0 Å². The van der Waals surface area contributed by atoms with Crippen molar-refractivity contribution in [1.29, 1.82) is 0 Å². The summed E-state index contributed by atoms with van der Waals surface area (Å²) in [5.41, 5.74) is -0.253. The van der Waals surface area contributed by atoms with Crippen LogP contribution >= 0.6 is 0 Å². The van der Waals surface area contributed by atoms with E-state index in [0.29, 0.717) is 16.7 Å². The molecule has 0 aliphatic carbocycles. The van der Waals surface area contributed by atoms with Gasteiger partial charge in [-0.1, -0.05) is 72.8 Å². The second-order valence-corrected chi connectivity index (χ2v) is 9.28. The molecule has 4 aromatic carbocycles. The smallest absolute Gasteiger partial charge is 0.465 e. The summed E-state index contributed by atoms with van der Waals surface area (Å²) in [6.45, 7) is 0. The van der Waals surface area contributed by atoms with Crippen LogP contribution in [0.3, 0.4) is 0 Å². The topological polar surface area (TPSA) is 69.7 Å². The molecule has 0 N–H and O–H groups in total. The maximum atomic E-state index is 12.6. The van der Waals surface area contributed by atoms with Gasteiger partial charge in [0.15, 0.2) is 0 Å². The van der Waals surface area contributed by atoms with E-state index in [4.69, 9.17) is 4.74 Å². The molecule has 0 saturated heterocycles. The third-order valence-corrected chi connectivity index (χ3v) is 6.36. The van der Waals surface area contributed by atoms with Crippen LogP contribution in [0.4, 0.5) is 13.2 Å². The Hall–Kier alpha value is -4.11. The van der Waals surface area contributed by atoms with Crippen LogP contribution in [-0.2, 0) is 14.9 Å². The number of halogens is 3. The van der Waals surface area contributed by atoms with Gasteiger partial charge in [-0.25, -0.2) is 4.79 Å². The number of carbonyl (C=O) groups excluding carboxylic acids is 1. The Kier molecular flexibility index (Phi) is 6.85. The zero-order valence-corrected chi connectivity index (χ0v) is 19.6. The largest absolute Gasteiger partial charge is 0.534 e. The number of methoxy groups -OCH3 is 1. The molecule has 0 aliphatic rings. The van der Waals surface area contributed by atoms with Gasteiger partial charge < -0.3 is 8.92 Å². The number of carbonyl (C=O) groups is 1. The number of ether oxygens (including phenoxy) is 1. The predicted octanol–water partition coefficient (Wildman–Crippen LogP) is 6.70. The van der Waals surface area contributed by atoms with Crippen molar-refractivity contribution in [3.05, 3.63) is 103 Å². The van der Waals surface area contributed by atoms with E-state index < -0.39 is 27.3 Å². The van der Waals surface area contributed by atoms with Crippen LogP contribution in [0.15, 0.2) is 97.1 Å². The molecule has 0 amide bonds. The van der Waals surface area contributed by atoms with Gasteiger partial charge in [-0.15, -0.1) is 0 Å². The van der Waals surface area contributed by atoms with E-state index in [1.165, 1.54) is 19.2 Å². The zero-order valence-electron chi connectivity index (χ0n) is 18.8. The molecular weight excluding hydrogens is 493 g/mol. The Balaban J connectivity index is 1.53. The number of hydrogen-bond acceptors (Lipinski definition) is 5. The average Bonchev–Trinajstić information content (AvgIpc) is 2.88. The molecule has 0 saturated carbocycles. The first kappa shape index (κ1) is 25.0. The van der Waals surface area contributed by atoms with Gasteiger partial charge in [-0.05, 0) is 57.6 Å². The SMILES string of the molecule is COC(=O)c1cccc(-c2ccc(-c3ccc(-c4cccc(OS(=O)(=O)C(F)(F)F)c4)cc3)cc2)c1. The average molecular weight is 513 g/mol. The Morgan fingerprint density at radius 2 is 1.11 bits per heavy atom. The molecular formula is C27H19F3O5S. The standard InChI is InChI=1S/C27H19F3O5S/c1-34-26(31)24-6-2-4-22(16-24)20-12-8-18(9-13-20)19-10-14-21(15-11-19)23-5-3-7-25(17-23)35-36(32,33)27(28,29)30/h2-17H,1H3. The molecule has 0 radical (unpaired) electrons. The lowest BCUT2D eigenvalue weighted by Gasteiger charge is -2.11. The molecule has 4 aromatic rings. The van der Waals surface area contributed by atoms with E-state index in [0.717, 1.165) is 28.3 Å². The second-order valence-electron chi connectivity index (χ2n) is 7.74. The zero-order chi connectivity index (χ0) is 25.9. The number of hydrogen-bond donors (Lipinski definition) is 0. The number of alkyl halides is 3. The fourth-order valence-corrected chi connectivity index (χ4v) is 4.01. The minimum atomic E-state index is -5.75. The number of benzene rings is 4. The van der Waals surface area contributed by atoms with Crippen molar-refractivity contribution in [3.63, 3.8) is 0 Å². The van der Waals surface area contributed by atoms with Crippen LogP contribution < -0.4 is 4.18 Å². The van der Waals surface area contributed by atoms with Crippen molar-refractivity contribution in [2.45, 2.75) is 5.51 Å². The first-order valence-electron chi connectivity index (χ1n) is 10.6. The maximum Gasteiger partial charge on any atom is 0.534 e. The minimum absolute atomic E-state index is 0.410. The van der Waals surface area contributed by atoms with E-state index in [9.17, 15) is 26.4 Å². The minimum Gasteiger partial charge on any atom is -0.465 e. The molecule has 36 heavy (non-hydrogen) atoms. The molecule has 0 spiro atoms. The monoisotopic (exact) mass is 512 g/mol. The molecule has 0 aromatic heterocycles. The first-order valence-corrected chi connectivity index (χ1v) is 12.0. The lowest BCUT2D eigenvalue weighted by atomic mass is 9.97. The molecule has 0 bridgehead atoms. The Morgan fingerprint density at radius 3 is 1.58 bits per heavy atom. The van der Waals surface area contributed by atoms with E-state index in [1.54, 1.807) is 36.4 Å². The molecule has 0 fully saturated rings. The van der Waals surface area contributed by atoms with E-state index >= 15 is 0 Å². The van der Waals surface area contributed by atoms with Crippen molar-refractivity contribution in [1.82, 2.24) is 0 Å². The lowest BCUT2D eigenvalue weighted by Crippen LogP contribution is -2.28. The van der Waals surface area contributed by atoms with Crippen LogP contribution in [-0.4, -0.2) is 27.0 Å². The number of esters is 1. The first-order chi connectivity index (χ1) is 17.1. The fraction of sp³-hybridized carbons (Fsp3) is 0.0741. The quantitative estimate of drug-likeness (QED) is 0.163. The second kappa shape index (κ2) is 9.87.